The number of carbonyl (C=O) groups excluding carboxylic acids is 1. The molecule has 0 heterocycles. The Morgan fingerprint density at radius 3 is 2.00 bits per heavy atom. The van der Waals surface area contributed by atoms with Crippen molar-refractivity contribution in [1.82, 2.24) is 4.90 Å². The minimum atomic E-state index is -0.290. The molecule has 1 unspecified atom stereocenters. The molecule has 3 nitrogen and oxygen atoms in total. The second-order valence-electron chi connectivity index (χ2n) is 4.63. The van der Waals surface area contributed by atoms with E-state index in [4.69, 9.17) is 0 Å². The first-order valence-electron chi connectivity index (χ1n) is 6.26. The lowest BCUT2D eigenvalue weighted by Gasteiger charge is -2.23. The average molecular weight is 254 g/mol. The van der Waals surface area contributed by atoms with E-state index in [0.29, 0.717) is 0 Å². The summed E-state index contributed by atoms with van der Waals surface area (Å²) in [6, 6.07) is 19.0. The molecule has 0 radical (unpaired) electrons. The fraction of sp³-hybridized carbons (Fsp3) is 0.188. The summed E-state index contributed by atoms with van der Waals surface area (Å²) in [5.74, 6) is -0.0256. The molecule has 0 fully saturated rings. The SMILES string of the molecule is CN(C)C(C(=O)Nc1ccccc1)c1ccccc1. The maximum atomic E-state index is 12.4. The molecule has 0 aliphatic carbocycles. The highest BCUT2D eigenvalue weighted by molar-refractivity contribution is 5.95. The first-order chi connectivity index (χ1) is 9.18. The summed E-state index contributed by atoms with van der Waals surface area (Å²) in [4.78, 5) is 14.3. The van der Waals surface area contributed by atoms with Crippen molar-refractivity contribution in [2.45, 2.75) is 6.04 Å². The second-order valence-corrected chi connectivity index (χ2v) is 4.63. The van der Waals surface area contributed by atoms with Crippen LogP contribution in [0.25, 0.3) is 0 Å². The van der Waals surface area contributed by atoms with Crippen molar-refractivity contribution in [3.8, 4) is 0 Å². The number of nitrogens with one attached hydrogen (secondary N) is 1. The Bertz CT molecular complexity index is 523. The Hall–Kier alpha value is -2.13. The topological polar surface area (TPSA) is 32.3 Å². The zero-order chi connectivity index (χ0) is 13.7. The average Bonchev–Trinajstić information content (AvgIpc) is 2.40. The molecule has 1 atom stereocenters. The van der Waals surface area contributed by atoms with Gasteiger partial charge in [0, 0.05) is 5.69 Å². The van der Waals surface area contributed by atoms with Crippen LogP contribution in [0.1, 0.15) is 11.6 Å². The van der Waals surface area contributed by atoms with Gasteiger partial charge in [-0.2, -0.15) is 0 Å². The number of para-hydroxylation sites is 1. The van der Waals surface area contributed by atoms with Gasteiger partial charge in [0.1, 0.15) is 6.04 Å². The molecule has 2 aromatic rings. The molecule has 3 heteroatoms. The van der Waals surface area contributed by atoms with Crippen LogP contribution in [0.3, 0.4) is 0 Å². The van der Waals surface area contributed by atoms with Crippen molar-refractivity contribution < 1.29 is 4.79 Å². The number of hydrogen-bond donors (Lipinski definition) is 1. The number of amides is 1. The van der Waals surface area contributed by atoms with E-state index in [2.05, 4.69) is 5.32 Å². The molecule has 0 saturated heterocycles. The fourth-order valence-corrected chi connectivity index (χ4v) is 2.05. The largest absolute Gasteiger partial charge is 0.324 e. The van der Waals surface area contributed by atoms with Gasteiger partial charge >= 0.3 is 0 Å². The molecule has 0 aromatic heterocycles. The molecule has 0 spiro atoms. The number of rotatable bonds is 4. The first-order valence-corrected chi connectivity index (χ1v) is 6.26. The van der Waals surface area contributed by atoms with Crippen LogP contribution in [0.4, 0.5) is 5.69 Å². The molecular weight excluding hydrogens is 236 g/mol. The summed E-state index contributed by atoms with van der Waals surface area (Å²) in [5.41, 5.74) is 1.80. The highest BCUT2D eigenvalue weighted by Crippen LogP contribution is 2.20. The lowest BCUT2D eigenvalue weighted by molar-refractivity contribution is -0.120. The highest BCUT2D eigenvalue weighted by atomic mass is 16.2. The summed E-state index contributed by atoms with van der Waals surface area (Å²) >= 11 is 0. The Balaban J connectivity index is 2.19. The predicted octanol–water partition coefficient (Wildman–Crippen LogP) is 2.93. The monoisotopic (exact) mass is 254 g/mol. The molecule has 0 bridgehead atoms. The molecule has 0 aliphatic heterocycles. The Morgan fingerprint density at radius 2 is 1.47 bits per heavy atom. The standard InChI is InChI=1S/C16H18N2O/c1-18(2)15(13-9-5-3-6-10-13)16(19)17-14-11-7-4-8-12-14/h3-12,15H,1-2H3,(H,17,19). The van der Waals surface area contributed by atoms with Crippen LogP contribution in [0.5, 0.6) is 0 Å². The lowest BCUT2D eigenvalue weighted by atomic mass is 10.1. The summed E-state index contributed by atoms with van der Waals surface area (Å²) in [7, 11) is 3.81. The zero-order valence-corrected chi connectivity index (χ0v) is 11.2. The minimum absolute atomic E-state index is 0.0256. The third-order valence-electron chi connectivity index (χ3n) is 2.92. The Labute approximate surface area is 113 Å². The van der Waals surface area contributed by atoms with Gasteiger partial charge in [0.05, 0.1) is 0 Å². The van der Waals surface area contributed by atoms with E-state index < -0.39 is 0 Å². The zero-order valence-electron chi connectivity index (χ0n) is 11.2. The molecule has 1 amide bonds. The number of likely N-dealkylation sites (N-methyl/N-ethyl adjacent to an activating group) is 1. The quantitative estimate of drug-likeness (QED) is 0.909. The van der Waals surface area contributed by atoms with Gasteiger partial charge in [0.2, 0.25) is 5.91 Å². The Kier molecular flexibility index (Phi) is 4.31. The van der Waals surface area contributed by atoms with Crippen LogP contribution in [-0.2, 0) is 4.79 Å². The van der Waals surface area contributed by atoms with Crippen molar-refractivity contribution >= 4 is 11.6 Å². The van der Waals surface area contributed by atoms with E-state index in [9.17, 15) is 4.79 Å². The minimum Gasteiger partial charge on any atom is -0.324 e. The van der Waals surface area contributed by atoms with E-state index in [1.54, 1.807) is 0 Å². The molecule has 2 aromatic carbocycles. The summed E-state index contributed by atoms with van der Waals surface area (Å²) in [6.07, 6.45) is 0. The third-order valence-corrected chi connectivity index (χ3v) is 2.92. The van der Waals surface area contributed by atoms with Gasteiger partial charge < -0.3 is 5.32 Å². The van der Waals surface area contributed by atoms with Crippen LogP contribution < -0.4 is 5.32 Å². The number of hydrogen-bond acceptors (Lipinski definition) is 2. The van der Waals surface area contributed by atoms with Crippen LogP contribution >= 0.6 is 0 Å². The van der Waals surface area contributed by atoms with E-state index in [1.165, 1.54) is 0 Å². The molecule has 1 N–H and O–H groups in total. The molecule has 0 aliphatic rings. The molecule has 19 heavy (non-hydrogen) atoms. The third kappa shape index (κ3) is 3.42. The number of benzene rings is 2. The number of anilines is 1. The van der Waals surface area contributed by atoms with Gasteiger partial charge in [-0.05, 0) is 31.8 Å². The van der Waals surface area contributed by atoms with E-state index in [-0.39, 0.29) is 11.9 Å². The summed E-state index contributed by atoms with van der Waals surface area (Å²) < 4.78 is 0. The number of nitrogens with zero attached hydrogens (tertiary/aromatic N) is 1. The maximum absolute atomic E-state index is 12.4. The van der Waals surface area contributed by atoms with Crippen LogP contribution in [0.15, 0.2) is 60.7 Å². The van der Waals surface area contributed by atoms with Gasteiger partial charge in [-0.15, -0.1) is 0 Å². The normalized spacial score (nSPS) is 12.2. The second kappa shape index (κ2) is 6.16. The van der Waals surface area contributed by atoms with Gasteiger partial charge in [0.25, 0.3) is 0 Å². The van der Waals surface area contributed by atoms with E-state index in [0.717, 1.165) is 11.3 Å². The van der Waals surface area contributed by atoms with Crippen LogP contribution in [0, 0.1) is 0 Å². The van der Waals surface area contributed by atoms with Crippen LogP contribution in [-0.4, -0.2) is 24.9 Å². The van der Waals surface area contributed by atoms with Crippen molar-refractivity contribution in [1.29, 1.82) is 0 Å². The molecular formula is C16H18N2O. The van der Waals surface area contributed by atoms with Crippen molar-refractivity contribution in [3.63, 3.8) is 0 Å². The lowest BCUT2D eigenvalue weighted by Crippen LogP contribution is -2.32. The molecule has 2 rings (SSSR count). The Morgan fingerprint density at radius 1 is 0.947 bits per heavy atom. The number of carbonyl (C=O) groups is 1. The van der Waals surface area contributed by atoms with Crippen molar-refractivity contribution in [2.75, 3.05) is 19.4 Å². The first kappa shape index (κ1) is 13.3. The molecule has 98 valence electrons. The van der Waals surface area contributed by atoms with Crippen LogP contribution in [0.2, 0.25) is 0 Å². The smallest absolute Gasteiger partial charge is 0.246 e. The summed E-state index contributed by atoms with van der Waals surface area (Å²) in [5, 5.41) is 2.94. The van der Waals surface area contributed by atoms with Crippen molar-refractivity contribution in [2.24, 2.45) is 0 Å². The van der Waals surface area contributed by atoms with E-state index in [1.807, 2.05) is 79.7 Å². The summed E-state index contributed by atoms with van der Waals surface area (Å²) in [6.45, 7) is 0. The van der Waals surface area contributed by atoms with Crippen molar-refractivity contribution in [3.05, 3.63) is 66.2 Å². The highest BCUT2D eigenvalue weighted by Gasteiger charge is 2.22. The predicted molar refractivity (Wildman–Crippen MR) is 77.9 cm³/mol. The fourth-order valence-electron chi connectivity index (χ4n) is 2.05. The van der Waals surface area contributed by atoms with Gasteiger partial charge in [-0.1, -0.05) is 48.5 Å². The molecule has 0 saturated carbocycles. The van der Waals surface area contributed by atoms with Gasteiger partial charge in [-0.3, -0.25) is 9.69 Å². The van der Waals surface area contributed by atoms with E-state index >= 15 is 0 Å². The van der Waals surface area contributed by atoms with Gasteiger partial charge in [-0.25, -0.2) is 0 Å². The maximum Gasteiger partial charge on any atom is 0.246 e. The van der Waals surface area contributed by atoms with Gasteiger partial charge in [0.15, 0.2) is 0 Å².